The zero-order valence-corrected chi connectivity index (χ0v) is 11.0. The fourth-order valence-corrected chi connectivity index (χ4v) is 2.27. The molecule has 5 heteroatoms. The maximum Gasteiger partial charge on any atom is 0.254 e. The number of hydrogen-bond donors (Lipinski definition) is 1. The fourth-order valence-electron chi connectivity index (χ4n) is 0.948. The smallest absolute Gasteiger partial charge is 0.254 e. The van der Waals surface area contributed by atoms with E-state index in [1.54, 1.807) is 23.3 Å². The Hall–Kier alpha value is -0.140. The Balaban J connectivity index is 2.75. The van der Waals surface area contributed by atoms with Gasteiger partial charge in [0.15, 0.2) is 0 Å². The Morgan fingerprint density at radius 3 is 2.86 bits per heavy atom. The molecule has 1 aromatic heterocycles. The molecule has 0 spiro atoms. The van der Waals surface area contributed by atoms with Gasteiger partial charge in [-0.2, -0.15) is 0 Å². The maximum absolute atomic E-state index is 11.8. The fraction of sp³-hybridized carbons (Fsp3) is 0.444. The van der Waals surface area contributed by atoms with Crippen molar-refractivity contribution in [2.75, 3.05) is 13.7 Å². The van der Waals surface area contributed by atoms with Gasteiger partial charge in [-0.25, -0.2) is 0 Å². The number of likely N-dealkylation sites (N-methyl/N-ethyl adjacent to an activating group) is 1. The molecule has 78 valence electrons. The van der Waals surface area contributed by atoms with Crippen molar-refractivity contribution < 1.29 is 9.90 Å². The number of aliphatic hydroxyl groups is 1. The van der Waals surface area contributed by atoms with E-state index >= 15 is 0 Å². The van der Waals surface area contributed by atoms with Crippen molar-refractivity contribution in [3.8, 4) is 0 Å². The molecule has 0 aliphatic rings. The van der Waals surface area contributed by atoms with Crippen LogP contribution in [-0.2, 0) is 0 Å². The lowest BCUT2D eigenvalue weighted by molar-refractivity contribution is 0.0682. The minimum Gasteiger partial charge on any atom is -0.394 e. The van der Waals surface area contributed by atoms with E-state index in [-0.39, 0.29) is 18.6 Å². The first-order valence-electron chi connectivity index (χ1n) is 4.18. The molecule has 0 saturated carbocycles. The van der Waals surface area contributed by atoms with E-state index in [9.17, 15) is 4.79 Å². The number of amides is 1. The van der Waals surface area contributed by atoms with Crippen molar-refractivity contribution in [1.29, 1.82) is 0 Å². The second-order valence-corrected chi connectivity index (χ2v) is 5.89. The number of halogens is 1. The topological polar surface area (TPSA) is 40.5 Å². The van der Waals surface area contributed by atoms with Crippen LogP contribution in [0.15, 0.2) is 11.4 Å². The molecule has 1 unspecified atom stereocenters. The normalized spacial score (nSPS) is 12.6. The standard InChI is InChI=1S/C9H12INO2S/c1-6(4-12)11(2)9(13)7-3-8(10)14-5-7/h3,5-6,12H,4H2,1-2H3. The quantitative estimate of drug-likeness (QED) is 0.861. The molecule has 14 heavy (non-hydrogen) atoms. The second kappa shape index (κ2) is 5.09. The van der Waals surface area contributed by atoms with Gasteiger partial charge in [0.25, 0.3) is 5.91 Å². The predicted molar refractivity (Wildman–Crippen MR) is 65.7 cm³/mol. The van der Waals surface area contributed by atoms with Gasteiger partial charge < -0.3 is 10.0 Å². The second-order valence-electron chi connectivity index (χ2n) is 3.09. The third-order valence-corrected chi connectivity index (χ3v) is 3.85. The molecular formula is C9H12INO2S. The van der Waals surface area contributed by atoms with Gasteiger partial charge in [0.2, 0.25) is 0 Å². The van der Waals surface area contributed by atoms with Crippen LogP contribution >= 0.6 is 33.9 Å². The number of hydrogen-bond acceptors (Lipinski definition) is 3. The summed E-state index contributed by atoms with van der Waals surface area (Å²) in [6.07, 6.45) is 0. The average molecular weight is 325 g/mol. The van der Waals surface area contributed by atoms with E-state index < -0.39 is 0 Å². The summed E-state index contributed by atoms with van der Waals surface area (Å²) in [5, 5.41) is 10.8. The lowest BCUT2D eigenvalue weighted by Crippen LogP contribution is -2.37. The van der Waals surface area contributed by atoms with Gasteiger partial charge in [0.1, 0.15) is 0 Å². The zero-order chi connectivity index (χ0) is 10.7. The van der Waals surface area contributed by atoms with Crippen LogP contribution < -0.4 is 0 Å². The van der Waals surface area contributed by atoms with Gasteiger partial charge in [0.05, 0.1) is 21.1 Å². The van der Waals surface area contributed by atoms with Crippen molar-refractivity contribution in [2.45, 2.75) is 13.0 Å². The zero-order valence-electron chi connectivity index (χ0n) is 8.03. The molecule has 0 fully saturated rings. The molecule has 1 atom stereocenters. The van der Waals surface area contributed by atoms with Gasteiger partial charge in [-0.15, -0.1) is 11.3 Å². The SMILES string of the molecule is CC(CO)N(C)C(=O)c1csc(I)c1. The van der Waals surface area contributed by atoms with Crippen LogP contribution in [0.5, 0.6) is 0 Å². The number of carbonyl (C=O) groups is 1. The van der Waals surface area contributed by atoms with Gasteiger partial charge in [-0.05, 0) is 35.6 Å². The molecule has 0 radical (unpaired) electrons. The third-order valence-electron chi connectivity index (χ3n) is 2.06. The molecule has 0 aliphatic heterocycles. The van der Waals surface area contributed by atoms with Crippen LogP contribution in [0.4, 0.5) is 0 Å². The highest BCUT2D eigenvalue weighted by molar-refractivity contribution is 14.1. The first-order valence-corrected chi connectivity index (χ1v) is 6.14. The third kappa shape index (κ3) is 2.68. The summed E-state index contributed by atoms with van der Waals surface area (Å²) in [6.45, 7) is 1.80. The molecular weight excluding hydrogens is 313 g/mol. The van der Waals surface area contributed by atoms with Crippen LogP contribution in [0.25, 0.3) is 0 Å². The minimum absolute atomic E-state index is 0.0104. The summed E-state index contributed by atoms with van der Waals surface area (Å²) in [7, 11) is 1.70. The highest BCUT2D eigenvalue weighted by Gasteiger charge is 2.17. The molecule has 1 heterocycles. The molecule has 1 aromatic rings. The highest BCUT2D eigenvalue weighted by atomic mass is 127. The summed E-state index contributed by atoms with van der Waals surface area (Å²) in [5.41, 5.74) is 0.696. The van der Waals surface area contributed by atoms with E-state index in [1.165, 1.54) is 0 Å². The van der Waals surface area contributed by atoms with Crippen LogP contribution in [0, 0.1) is 2.88 Å². The first-order chi connectivity index (χ1) is 6.56. The van der Waals surface area contributed by atoms with Crippen molar-refractivity contribution in [1.82, 2.24) is 4.90 Å². The molecule has 0 aromatic carbocycles. The number of thiophene rings is 1. The Bertz CT molecular complexity index is 326. The van der Waals surface area contributed by atoms with Gasteiger partial charge in [-0.1, -0.05) is 0 Å². The molecule has 0 saturated heterocycles. The minimum atomic E-state index is -0.139. The predicted octanol–water partition coefficient (Wildman–Crippen LogP) is 1.81. The summed E-state index contributed by atoms with van der Waals surface area (Å²) >= 11 is 3.73. The molecule has 1 N–H and O–H groups in total. The Labute approximate surface area is 101 Å². The van der Waals surface area contributed by atoms with Gasteiger partial charge in [-0.3, -0.25) is 4.79 Å². The molecule has 1 rings (SSSR count). The van der Waals surface area contributed by atoms with Crippen LogP contribution in [0.1, 0.15) is 17.3 Å². The van der Waals surface area contributed by atoms with Gasteiger partial charge >= 0.3 is 0 Å². The molecule has 0 aliphatic carbocycles. The van der Waals surface area contributed by atoms with Crippen molar-refractivity contribution >= 4 is 39.8 Å². The van der Waals surface area contributed by atoms with E-state index in [0.717, 1.165) is 2.88 Å². The van der Waals surface area contributed by atoms with Gasteiger partial charge in [0, 0.05) is 12.4 Å². The Morgan fingerprint density at radius 1 is 1.79 bits per heavy atom. The van der Waals surface area contributed by atoms with Crippen molar-refractivity contribution in [3.05, 3.63) is 19.9 Å². The first kappa shape index (κ1) is 11.9. The van der Waals surface area contributed by atoms with Crippen LogP contribution in [0.3, 0.4) is 0 Å². The number of aliphatic hydroxyl groups excluding tert-OH is 1. The van der Waals surface area contributed by atoms with E-state index in [1.807, 2.05) is 18.4 Å². The van der Waals surface area contributed by atoms with E-state index in [0.29, 0.717) is 5.56 Å². The van der Waals surface area contributed by atoms with Crippen LogP contribution in [-0.4, -0.2) is 35.6 Å². The summed E-state index contributed by atoms with van der Waals surface area (Å²) < 4.78 is 1.09. The average Bonchev–Trinajstić information content (AvgIpc) is 2.61. The molecule has 1 amide bonds. The molecule has 0 bridgehead atoms. The largest absolute Gasteiger partial charge is 0.394 e. The maximum atomic E-state index is 11.8. The summed E-state index contributed by atoms with van der Waals surface area (Å²) in [5.74, 6) is -0.0364. The van der Waals surface area contributed by atoms with E-state index in [2.05, 4.69) is 22.6 Å². The molecule has 3 nitrogen and oxygen atoms in total. The number of carbonyl (C=O) groups excluding carboxylic acids is 1. The number of rotatable bonds is 3. The lowest BCUT2D eigenvalue weighted by atomic mass is 10.2. The lowest BCUT2D eigenvalue weighted by Gasteiger charge is -2.22. The summed E-state index contributed by atoms with van der Waals surface area (Å²) in [4.78, 5) is 13.3. The Morgan fingerprint density at radius 2 is 2.43 bits per heavy atom. The van der Waals surface area contributed by atoms with E-state index in [4.69, 9.17) is 5.11 Å². The monoisotopic (exact) mass is 325 g/mol. The highest BCUT2D eigenvalue weighted by Crippen LogP contribution is 2.18. The summed E-state index contributed by atoms with van der Waals surface area (Å²) in [6, 6.07) is 1.72. The van der Waals surface area contributed by atoms with Crippen LogP contribution in [0.2, 0.25) is 0 Å². The van der Waals surface area contributed by atoms with Crippen molar-refractivity contribution in [3.63, 3.8) is 0 Å². The Kier molecular flexibility index (Phi) is 4.33. The number of nitrogens with zero attached hydrogens (tertiary/aromatic N) is 1. The van der Waals surface area contributed by atoms with Crippen molar-refractivity contribution in [2.24, 2.45) is 0 Å².